The molecule has 1 aliphatic rings. The van der Waals surface area contributed by atoms with Gasteiger partial charge in [0.25, 0.3) is 0 Å². The molecule has 0 saturated heterocycles. The van der Waals surface area contributed by atoms with Gasteiger partial charge in [-0.05, 0) is 19.3 Å². The Balaban J connectivity index is 2.11. The molecule has 1 radical (unpaired) electrons. The van der Waals surface area contributed by atoms with E-state index in [2.05, 4.69) is 6.92 Å². The van der Waals surface area contributed by atoms with Crippen LogP contribution in [-0.4, -0.2) is 12.7 Å². The van der Waals surface area contributed by atoms with Gasteiger partial charge in [-0.25, -0.2) is 0 Å². The molecule has 1 saturated carbocycles. The highest BCUT2D eigenvalue weighted by molar-refractivity contribution is 4.63. The maximum atomic E-state index is 5.71. The van der Waals surface area contributed by atoms with Gasteiger partial charge in [0.15, 0.2) is 0 Å². The average Bonchev–Trinajstić information content (AvgIpc) is 2.02. The minimum atomic E-state index is 0.548. The topological polar surface area (TPSA) is 9.23 Å². The summed E-state index contributed by atoms with van der Waals surface area (Å²) in [4.78, 5) is 0. The first kappa shape index (κ1) is 10.0. The first-order valence-corrected chi connectivity index (χ1v) is 5.34. The molecule has 71 valence electrons. The van der Waals surface area contributed by atoms with Crippen molar-refractivity contribution in [3.63, 3.8) is 0 Å². The Morgan fingerprint density at radius 3 is 2.17 bits per heavy atom. The summed E-state index contributed by atoms with van der Waals surface area (Å²) in [5, 5.41) is 0. The normalized spacial score (nSPS) is 21.8. The highest BCUT2D eigenvalue weighted by Crippen LogP contribution is 2.19. The fraction of sp³-hybridized carbons (Fsp3) is 0.909. The Morgan fingerprint density at radius 1 is 1.00 bits per heavy atom. The monoisotopic (exact) mass is 169 g/mol. The molecule has 12 heavy (non-hydrogen) atoms. The van der Waals surface area contributed by atoms with Crippen LogP contribution in [0.4, 0.5) is 0 Å². The van der Waals surface area contributed by atoms with Crippen LogP contribution in [0.2, 0.25) is 0 Å². The fourth-order valence-electron chi connectivity index (χ4n) is 1.84. The Morgan fingerprint density at radius 2 is 1.58 bits per heavy atom. The van der Waals surface area contributed by atoms with Crippen LogP contribution in [0.15, 0.2) is 0 Å². The summed E-state index contributed by atoms with van der Waals surface area (Å²) in [6.45, 7) is 4.64. The lowest BCUT2D eigenvalue weighted by Gasteiger charge is -2.19. The van der Waals surface area contributed by atoms with E-state index in [0.29, 0.717) is 6.10 Å². The first-order valence-electron chi connectivity index (χ1n) is 5.34. The maximum absolute atomic E-state index is 5.71. The van der Waals surface area contributed by atoms with E-state index in [-0.39, 0.29) is 0 Å². The zero-order chi connectivity index (χ0) is 8.65. The van der Waals surface area contributed by atoms with Crippen molar-refractivity contribution in [3.8, 4) is 0 Å². The second-order valence-corrected chi connectivity index (χ2v) is 3.69. The Labute approximate surface area is 76.5 Å². The fourth-order valence-corrected chi connectivity index (χ4v) is 1.84. The van der Waals surface area contributed by atoms with Gasteiger partial charge in [0.1, 0.15) is 0 Å². The molecule has 0 amide bonds. The van der Waals surface area contributed by atoms with Crippen LogP contribution < -0.4 is 0 Å². The van der Waals surface area contributed by atoms with Gasteiger partial charge < -0.3 is 4.74 Å². The second-order valence-electron chi connectivity index (χ2n) is 3.69. The standard InChI is InChI=1S/C11H21O/c1-2-10-12-11-8-6-4-3-5-7-9-11/h11H,1-10H2. The molecule has 0 atom stereocenters. The van der Waals surface area contributed by atoms with Gasteiger partial charge in [-0.1, -0.05) is 39.0 Å². The van der Waals surface area contributed by atoms with Crippen molar-refractivity contribution < 1.29 is 4.74 Å². The van der Waals surface area contributed by atoms with Crippen molar-refractivity contribution in [2.24, 2.45) is 0 Å². The van der Waals surface area contributed by atoms with Gasteiger partial charge in [0.05, 0.1) is 6.10 Å². The third kappa shape index (κ3) is 4.10. The predicted molar refractivity (Wildman–Crippen MR) is 52.0 cm³/mol. The van der Waals surface area contributed by atoms with Gasteiger partial charge in [-0.3, -0.25) is 0 Å². The molecule has 0 bridgehead atoms. The molecule has 1 nitrogen and oxygen atoms in total. The zero-order valence-electron chi connectivity index (χ0n) is 8.06. The molecule has 0 unspecified atom stereocenters. The van der Waals surface area contributed by atoms with Crippen molar-refractivity contribution in [1.29, 1.82) is 0 Å². The summed E-state index contributed by atoms with van der Waals surface area (Å²) < 4.78 is 5.71. The minimum Gasteiger partial charge on any atom is -0.378 e. The lowest BCUT2D eigenvalue weighted by atomic mass is 9.99. The smallest absolute Gasteiger partial charge is 0.0575 e. The number of hydrogen-bond donors (Lipinski definition) is 0. The molecule has 0 aliphatic heterocycles. The van der Waals surface area contributed by atoms with E-state index < -0.39 is 0 Å². The Hall–Kier alpha value is -0.0400. The highest BCUT2D eigenvalue weighted by atomic mass is 16.5. The van der Waals surface area contributed by atoms with E-state index in [4.69, 9.17) is 4.74 Å². The molecule has 1 rings (SSSR count). The molecule has 0 aromatic heterocycles. The molecule has 1 fully saturated rings. The summed E-state index contributed by atoms with van der Waals surface area (Å²) in [7, 11) is 0. The minimum absolute atomic E-state index is 0.548. The van der Waals surface area contributed by atoms with Crippen LogP contribution in [0.1, 0.15) is 51.4 Å². The van der Waals surface area contributed by atoms with Gasteiger partial charge in [-0.15, -0.1) is 0 Å². The van der Waals surface area contributed by atoms with Crippen LogP contribution in [0.3, 0.4) is 0 Å². The zero-order valence-corrected chi connectivity index (χ0v) is 8.06. The van der Waals surface area contributed by atoms with E-state index in [1.54, 1.807) is 0 Å². The lowest BCUT2D eigenvalue weighted by Crippen LogP contribution is -2.14. The van der Waals surface area contributed by atoms with Crippen molar-refractivity contribution >= 4 is 0 Å². The molecule has 0 aromatic rings. The first-order chi connectivity index (χ1) is 5.93. The van der Waals surface area contributed by atoms with Crippen LogP contribution in [0.5, 0.6) is 0 Å². The third-order valence-corrected chi connectivity index (χ3v) is 2.55. The molecule has 0 N–H and O–H groups in total. The molecule has 1 aliphatic carbocycles. The quantitative estimate of drug-likeness (QED) is 0.629. The molecular formula is C11H21O. The van der Waals surface area contributed by atoms with E-state index in [1.165, 1.54) is 44.9 Å². The number of ether oxygens (including phenoxy) is 1. The summed E-state index contributed by atoms with van der Waals surface area (Å²) in [6.07, 6.45) is 11.0. The average molecular weight is 169 g/mol. The van der Waals surface area contributed by atoms with Gasteiger partial charge in [0.2, 0.25) is 0 Å². The maximum Gasteiger partial charge on any atom is 0.0575 e. The second kappa shape index (κ2) is 6.47. The number of rotatable bonds is 3. The molecule has 0 heterocycles. The third-order valence-electron chi connectivity index (χ3n) is 2.55. The van der Waals surface area contributed by atoms with E-state index in [0.717, 1.165) is 13.0 Å². The summed E-state index contributed by atoms with van der Waals surface area (Å²) in [5.74, 6) is 0. The highest BCUT2D eigenvalue weighted by Gasteiger charge is 2.10. The van der Waals surface area contributed by atoms with Crippen LogP contribution >= 0.6 is 0 Å². The van der Waals surface area contributed by atoms with Crippen molar-refractivity contribution in [1.82, 2.24) is 0 Å². The van der Waals surface area contributed by atoms with Crippen LogP contribution in [-0.2, 0) is 4.74 Å². The summed E-state index contributed by atoms with van der Waals surface area (Å²) >= 11 is 0. The van der Waals surface area contributed by atoms with Gasteiger partial charge >= 0.3 is 0 Å². The number of hydrogen-bond acceptors (Lipinski definition) is 1. The van der Waals surface area contributed by atoms with Gasteiger partial charge in [0, 0.05) is 6.61 Å². The molecule has 1 heteroatoms. The van der Waals surface area contributed by atoms with E-state index in [1.807, 2.05) is 0 Å². The largest absolute Gasteiger partial charge is 0.378 e. The van der Waals surface area contributed by atoms with E-state index >= 15 is 0 Å². The van der Waals surface area contributed by atoms with Crippen molar-refractivity contribution in [2.75, 3.05) is 6.61 Å². The predicted octanol–water partition coefficient (Wildman–Crippen LogP) is 3.34. The SMILES string of the molecule is [CH2]CCOC1CCCCCCC1. The van der Waals surface area contributed by atoms with Crippen LogP contribution in [0.25, 0.3) is 0 Å². The molecule has 0 aromatic carbocycles. The molecular weight excluding hydrogens is 148 g/mol. The van der Waals surface area contributed by atoms with Crippen LogP contribution in [0, 0.1) is 6.92 Å². The van der Waals surface area contributed by atoms with Gasteiger partial charge in [-0.2, -0.15) is 0 Å². The van der Waals surface area contributed by atoms with Crippen molar-refractivity contribution in [3.05, 3.63) is 6.92 Å². The summed E-state index contributed by atoms with van der Waals surface area (Å²) in [6, 6.07) is 0. The lowest BCUT2D eigenvalue weighted by molar-refractivity contribution is 0.0382. The van der Waals surface area contributed by atoms with E-state index in [9.17, 15) is 0 Å². The Bertz CT molecular complexity index is 90.4. The summed E-state index contributed by atoms with van der Waals surface area (Å²) in [5.41, 5.74) is 0. The molecule has 0 spiro atoms. The van der Waals surface area contributed by atoms with Crippen molar-refractivity contribution in [2.45, 2.75) is 57.5 Å². The Kier molecular flexibility index (Phi) is 5.42.